The predicted molar refractivity (Wildman–Crippen MR) is 167 cm³/mol. The highest BCUT2D eigenvalue weighted by molar-refractivity contribution is 9.08. The van der Waals surface area contributed by atoms with E-state index in [1.807, 2.05) is 19.7 Å². The smallest absolute Gasteiger partial charge is 0.160 e. The number of ether oxygens (including phenoxy) is 1. The summed E-state index contributed by atoms with van der Waals surface area (Å²) < 4.78 is 4.86. The predicted octanol–water partition coefficient (Wildman–Crippen LogP) is 4.49. The second kappa shape index (κ2) is 32.8. The van der Waals surface area contributed by atoms with Gasteiger partial charge in [0.2, 0.25) is 0 Å². The SMILES string of the molecule is CBr.CC#N.CC(C)=NO.CC(C)=O.CC(C)N.CC(C)N1CC(=O)C1.CC(C)N1CC(O)C1.CCC1CO1. The largest absolute Gasteiger partial charge is 0.411 e. The molecule has 3 rings (SSSR count). The summed E-state index contributed by atoms with van der Waals surface area (Å²) >= 11 is 2.94. The minimum atomic E-state index is -0.0441. The van der Waals surface area contributed by atoms with Gasteiger partial charge < -0.3 is 25.6 Å². The van der Waals surface area contributed by atoms with Gasteiger partial charge in [0.1, 0.15) is 5.78 Å². The van der Waals surface area contributed by atoms with Crippen LogP contribution in [0.25, 0.3) is 0 Å². The third kappa shape index (κ3) is 50.0. The minimum Gasteiger partial charge on any atom is -0.411 e. The highest BCUT2D eigenvalue weighted by Gasteiger charge is 2.26. The maximum absolute atomic E-state index is 10.4. The normalized spacial score (nSPS) is 16.6. The molecule has 1 unspecified atom stereocenters. The number of carbonyl (C=O) groups excluding carboxylic acids is 2. The molecule has 39 heavy (non-hydrogen) atoms. The van der Waals surface area contributed by atoms with Crippen molar-refractivity contribution in [2.75, 3.05) is 38.6 Å². The van der Waals surface area contributed by atoms with Crippen molar-refractivity contribution in [3.8, 4) is 6.07 Å². The van der Waals surface area contributed by atoms with Crippen molar-refractivity contribution < 1.29 is 24.6 Å². The average molecular weight is 627 g/mol. The fourth-order valence-corrected chi connectivity index (χ4v) is 1.99. The zero-order chi connectivity index (χ0) is 32.1. The van der Waals surface area contributed by atoms with Gasteiger partial charge >= 0.3 is 0 Å². The zero-order valence-electron chi connectivity index (χ0n) is 27.0. The molecular formula is C28H60BrN5O5. The molecule has 11 heteroatoms. The molecule has 3 aliphatic rings. The Kier molecular flexibility index (Phi) is 39.8. The molecule has 0 radical (unpaired) electrons. The third-order valence-electron chi connectivity index (χ3n) is 4.17. The van der Waals surface area contributed by atoms with E-state index in [1.54, 1.807) is 19.9 Å². The summed E-state index contributed by atoms with van der Waals surface area (Å²) in [5.41, 5.74) is 5.80. The first-order chi connectivity index (χ1) is 18.0. The number of Topliss-reactive ketones (excluding diaryl/α,β-unsaturated/α-hetero) is 2. The fourth-order valence-electron chi connectivity index (χ4n) is 1.99. The van der Waals surface area contributed by atoms with Crippen molar-refractivity contribution in [1.29, 1.82) is 5.26 Å². The molecule has 234 valence electrons. The molecule has 1 atom stereocenters. The first-order valence-corrected chi connectivity index (χ1v) is 14.9. The molecular weight excluding hydrogens is 566 g/mol. The Bertz CT molecular complexity index is 612. The van der Waals surface area contributed by atoms with Gasteiger partial charge in [0.15, 0.2) is 5.78 Å². The van der Waals surface area contributed by atoms with Crippen LogP contribution >= 0.6 is 15.9 Å². The Hall–Kier alpha value is -1.42. The molecule has 0 bridgehead atoms. The Morgan fingerprint density at radius 1 is 1.08 bits per heavy atom. The van der Waals surface area contributed by atoms with Gasteiger partial charge in [0.25, 0.3) is 0 Å². The molecule has 3 heterocycles. The summed E-state index contributed by atoms with van der Waals surface area (Å²) in [6.45, 7) is 26.6. The van der Waals surface area contributed by atoms with E-state index in [0.29, 0.717) is 48.8 Å². The number of alkyl halides is 1. The Morgan fingerprint density at radius 3 is 1.41 bits per heavy atom. The van der Waals surface area contributed by atoms with Crippen LogP contribution in [0.3, 0.4) is 0 Å². The number of likely N-dealkylation sites (tertiary alicyclic amines) is 2. The number of aliphatic hydroxyl groups is 1. The molecule has 0 saturated carbocycles. The topological polar surface area (TPSA) is 156 Å². The van der Waals surface area contributed by atoms with Gasteiger partial charge in [-0.1, -0.05) is 41.9 Å². The van der Waals surface area contributed by atoms with Crippen LogP contribution in [0.2, 0.25) is 0 Å². The standard InChI is InChI=1S/C6H13NO.C6H11NO.C4H8O.C3H7NO.C3H9N.C3H6O.C2H3N.CH3Br/c2*1-5(2)7-3-6(8)4-7;1-2-4-3-5-4;1-3(2)4-5;2*1-3(2)4;1-2-3;1-2/h5-6,8H,3-4H2,1-2H3;5H,3-4H2,1-2H3;4H,2-3H2,1H3;5H,1-2H3;3H,4H2,1-2H3;1-2H3;1H3;1H3. The molecule has 3 aliphatic heterocycles. The lowest BCUT2D eigenvalue weighted by molar-refractivity contribution is -0.130. The summed E-state index contributed by atoms with van der Waals surface area (Å²) in [4.78, 5) is 24.2. The van der Waals surface area contributed by atoms with E-state index in [2.05, 4.69) is 65.5 Å². The monoisotopic (exact) mass is 625 g/mol. The van der Waals surface area contributed by atoms with Crippen molar-refractivity contribution in [3.05, 3.63) is 0 Å². The van der Waals surface area contributed by atoms with E-state index < -0.39 is 0 Å². The van der Waals surface area contributed by atoms with Crippen LogP contribution in [0.5, 0.6) is 0 Å². The molecule has 0 aromatic carbocycles. The van der Waals surface area contributed by atoms with E-state index in [0.717, 1.165) is 19.7 Å². The second-order valence-electron chi connectivity index (χ2n) is 10.0. The summed E-state index contributed by atoms with van der Waals surface area (Å²) in [5.74, 6) is 2.35. The van der Waals surface area contributed by atoms with E-state index >= 15 is 0 Å². The third-order valence-corrected chi connectivity index (χ3v) is 4.17. The summed E-state index contributed by atoms with van der Waals surface area (Å²) in [6.07, 6.45) is 1.78. The van der Waals surface area contributed by atoms with Crippen LogP contribution in [0.15, 0.2) is 5.16 Å². The lowest BCUT2D eigenvalue weighted by Gasteiger charge is -2.38. The van der Waals surface area contributed by atoms with E-state index in [4.69, 9.17) is 26.0 Å². The van der Waals surface area contributed by atoms with Crippen molar-refractivity contribution in [2.24, 2.45) is 10.9 Å². The number of carbonyl (C=O) groups is 2. The number of nitrogens with two attached hydrogens (primary N) is 1. The molecule has 4 N–H and O–H groups in total. The van der Waals surface area contributed by atoms with Crippen LogP contribution < -0.4 is 5.73 Å². The fraction of sp³-hybridized carbons (Fsp3) is 0.857. The first-order valence-electron chi connectivity index (χ1n) is 13.3. The first kappa shape index (κ1) is 47.4. The van der Waals surface area contributed by atoms with Gasteiger partial charge in [-0.05, 0) is 73.7 Å². The zero-order valence-corrected chi connectivity index (χ0v) is 28.6. The molecule has 0 aromatic heterocycles. The highest BCUT2D eigenvalue weighted by atomic mass is 79.9. The van der Waals surface area contributed by atoms with E-state index in [9.17, 15) is 9.59 Å². The van der Waals surface area contributed by atoms with Gasteiger partial charge in [-0.3, -0.25) is 14.6 Å². The number of halogens is 1. The number of epoxide rings is 1. The lowest BCUT2D eigenvalue weighted by atomic mass is 10.1. The summed E-state index contributed by atoms with van der Waals surface area (Å²) in [5, 5.41) is 26.7. The number of β-amino-alcohol motifs (C(OH)–C–C–N with tert-alkyl or cyclic N) is 1. The molecule has 0 spiro atoms. The quantitative estimate of drug-likeness (QED) is 0.135. The van der Waals surface area contributed by atoms with Crippen molar-refractivity contribution in [3.63, 3.8) is 0 Å². The van der Waals surface area contributed by atoms with Gasteiger partial charge in [0.05, 0.1) is 43.7 Å². The molecule has 3 saturated heterocycles. The second-order valence-corrected chi connectivity index (χ2v) is 10.0. The average Bonchev–Trinajstić information content (AvgIpc) is 3.62. The number of aliphatic hydroxyl groups excluding tert-OH is 1. The van der Waals surface area contributed by atoms with Crippen molar-refractivity contribution >= 4 is 33.2 Å². The highest BCUT2D eigenvalue weighted by Crippen LogP contribution is 2.11. The number of rotatable bonds is 3. The summed E-state index contributed by atoms with van der Waals surface area (Å²) in [6, 6.07) is 3.24. The van der Waals surface area contributed by atoms with E-state index in [1.165, 1.54) is 27.2 Å². The Morgan fingerprint density at radius 2 is 1.36 bits per heavy atom. The maximum atomic E-state index is 10.4. The van der Waals surface area contributed by atoms with Crippen LogP contribution in [0, 0.1) is 11.3 Å². The van der Waals surface area contributed by atoms with Crippen LogP contribution in [0.4, 0.5) is 0 Å². The number of nitrogens with zero attached hydrogens (tertiary/aromatic N) is 4. The van der Waals surface area contributed by atoms with Crippen LogP contribution in [-0.2, 0) is 14.3 Å². The van der Waals surface area contributed by atoms with Crippen molar-refractivity contribution in [1.82, 2.24) is 9.80 Å². The number of hydrogen-bond acceptors (Lipinski definition) is 10. The van der Waals surface area contributed by atoms with Gasteiger partial charge in [-0.25, -0.2) is 0 Å². The summed E-state index contributed by atoms with van der Waals surface area (Å²) in [7, 11) is 0. The van der Waals surface area contributed by atoms with E-state index in [-0.39, 0.29) is 11.9 Å². The van der Waals surface area contributed by atoms with Crippen molar-refractivity contribution in [2.45, 2.75) is 120 Å². The Balaban J connectivity index is -0.000000117. The van der Waals surface area contributed by atoms with Crippen LogP contribution in [0.1, 0.15) is 89.5 Å². The Labute approximate surface area is 248 Å². The molecule has 3 fully saturated rings. The maximum Gasteiger partial charge on any atom is 0.160 e. The molecule has 0 amide bonds. The molecule has 0 aliphatic carbocycles. The number of ketones is 2. The minimum absolute atomic E-state index is 0.0441. The molecule has 0 aromatic rings. The van der Waals surface area contributed by atoms with Gasteiger partial charge in [0, 0.05) is 32.1 Å². The van der Waals surface area contributed by atoms with Gasteiger partial charge in [-0.15, -0.1) is 0 Å². The number of hydrogen-bond donors (Lipinski definition) is 3. The molecule has 10 nitrogen and oxygen atoms in total. The number of nitriles is 1. The van der Waals surface area contributed by atoms with Crippen LogP contribution in [-0.4, -0.2) is 106 Å². The van der Waals surface area contributed by atoms with Gasteiger partial charge in [-0.2, -0.15) is 5.26 Å². The number of oxime groups is 1. The lowest BCUT2D eigenvalue weighted by Crippen LogP contribution is -2.53.